The van der Waals surface area contributed by atoms with Gasteiger partial charge in [-0.1, -0.05) is 24.3 Å². The number of hydrogen-bond acceptors (Lipinski definition) is 4. The molecule has 2 aliphatic rings. The van der Waals surface area contributed by atoms with Gasteiger partial charge in [0.25, 0.3) is 0 Å². The molecule has 7 heteroatoms. The van der Waals surface area contributed by atoms with Crippen LogP contribution in [0.1, 0.15) is 43.7 Å². The molecule has 1 aromatic rings. The molecule has 29 heavy (non-hydrogen) atoms. The first-order chi connectivity index (χ1) is 13.7. The van der Waals surface area contributed by atoms with Crippen molar-refractivity contribution in [2.45, 2.75) is 51.8 Å². The van der Waals surface area contributed by atoms with Crippen LogP contribution in [0.3, 0.4) is 0 Å². The molecule has 164 valence electrons. The maximum absolute atomic E-state index is 10.1. The van der Waals surface area contributed by atoms with Crippen molar-refractivity contribution in [3.63, 3.8) is 0 Å². The number of nitrogens with one attached hydrogen (secondary N) is 2. The molecule has 1 saturated heterocycles. The van der Waals surface area contributed by atoms with Crippen molar-refractivity contribution < 1.29 is 9.84 Å². The lowest BCUT2D eigenvalue weighted by Gasteiger charge is -2.16. The molecule has 0 aromatic heterocycles. The van der Waals surface area contributed by atoms with Gasteiger partial charge in [-0.15, -0.1) is 24.0 Å². The predicted molar refractivity (Wildman–Crippen MR) is 129 cm³/mol. The quantitative estimate of drug-likeness (QED) is 0.240. The van der Waals surface area contributed by atoms with Gasteiger partial charge in [-0.3, -0.25) is 4.90 Å². The third-order valence-corrected chi connectivity index (χ3v) is 5.26. The topological polar surface area (TPSA) is 69.1 Å². The molecule has 1 unspecified atom stereocenters. The molecule has 0 bridgehead atoms. The van der Waals surface area contributed by atoms with E-state index in [4.69, 9.17) is 4.74 Å². The first-order valence-electron chi connectivity index (χ1n) is 10.8. The van der Waals surface area contributed by atoms with Crippen LogP contribution < -0.4 is 10.6 Å². The summed E-state index contributed by atoms with van der Waals surface area (Å²) in [6.07, 6.45) is 4.67. The summed E-state index contributed by atoms with van der Waals surface area (Å²) < 4.78 is 5.55. The van der Waals surface area contributed by atoms with Crippen molar-refractivity contribution in [2.75, 3.05) is 39.4 Å². The molecule has 1 atom stereocenters. The van der Waals surface area contributed by atoms with Gasteiger partial charge in [-0.25, -0.2) is 4.99 Å². The number of aliphatic hydroxyl groups is 1. The Morgan fingerprint density at radius 2 is 1.86 bits per heavy atom. The van der Waals surface area contributed by atoms with Crippen molar-refractivity contribution in [3.05, 3.63) is 35.4 Å². The second-order valence-electron chi connectivity index (χ2n) is 8.01. The Balaban J connectivity index is 0.00000300. The molecule has 3 N–H and O–H groups in total. The summed E-state index contributed by atoms with van der Waals surface area (Å²) in [6.45, 7) is 8.53. The lowest BCUT2D eigenvalue weighted by Crippen LogP contribution is -2.42. The summed E-state index contributed by atoms with van der Waals surface area (Å²) in [5, 5.41) is 16.5. The average molecular weight is 516 g/mol. The van der Waals surface area contributed by atoms with Crippen LogP contribution in [0.5, 0.6) is 0 Å². The first kappa shape index (κ1) is 24.4. The zero-order chi connectivity index (χ0) is 19.6. The highest BCUT2D eigenvalue weighted by molar-refractivity contribution is 14.0. The van der Waals surface area contributed by atoms with Gasteiger partial charge in [0.2, 0.25) is 0 Å². The van der Waals surface area contributed by atoms with Crippen molar-refractivity contribution in [2.24, 2.45) is 10.9 Å². The molecular weight excluding hydrogens is 479 g/mol. The monoisotopic (exact) mass is 516 g/mol. The van der Waals surface area contributed by atoms with Crippen LogP contribution in [-0.4, -0.2) is 61.5 Å². The number of aliphatic hydroxyl groups excluding tert-OH is 1. The average Bonchev–Trinajstić information content (AvgIpc) is 3.39. The van der Waals surface area contributed by atoms with Crippen LogP contribution in [0, 0.1) is 5.92 Å². The number of ether oxygens (including phenoxy) is 1. The molecule has 0 radical (unpaired) electrons. The van der Waals surface area contributed by atoms with Crippen molar-refractivity contribution >= 4 is 29.9 Å². The van der Waals surface area contributed by atoms with E-state index in [-0.39, 0.29) is 24.0 Å². The summed E-state index contributed by atoms with van der Waals surface area (Å²) >= 11 is 0. The number of benzene rings is 1. The van der Waals surface area contributed by atoms with E-state index < -0.39 is 6.10 Å². The number of nitrogens with zero attached hydrogens (tertiary/aromatic N) is 2. The van der Waals surface area contributed by atoms with Gasteiger partial charge in [0.15, 0.2) is 5.96 Å². The van der Waals surface area contributed by atoms with Crippen LogP contribution >= 0.6 is 24.0 Å². The smallest absolute Gasteiger partial charge is 0.191 e. The lowest BCUT2D eigenvalue weighted by atomic mass is 10.1. The Morgan fingerprint density at radius 1 is 1.17 bits per heavy atom. The van der Waals surface area contributed by atoms with E-state index in [0.717, 1.165) is 31.6 Å². The van der Waals surface area contributed by atoms with Crippen LogP contribution in [0.15, 0.2) is 29.3 Å². The van der Waals surface area contributed by atoms with E-state index in [9.17, 15) is 5.11 Å². The first-order valence-corrected chi connectivity index (χ1v) is 10.8. The molecule has 2 fully saturated rings. The molecule has 0 spiro atoms. The normalized spacial score (nSPS) is 18.3. The minimum Gasteiger partial charge on any atom is -0.389 e. The molecule has 6 nitrogen and oxygen atoms in total. The standard InChI is InChI=1S/C22H36N4O2.HI/c1-2-23-22(25-14-21(27)17-28-16-20-9-10-20)24-13-18-5-7-19(8-6-18)15-26-11-3-4-12-26;/h5-8,20-21,27H,2-4,9-17H2,1H3,(H2,23,24,25);1H. The molecule has 1 heterocycles. The Hall–Kier alpha value is -0.900. The Morgan fingerprint density at radius 3 is 2.52 bits per heavy atom. The molecule has 0 amide bonds. The van der Waals surface area contributed by atoms with E-state index in [1.807, 2.05) is 6.92 Å². The number of likely N-dealkylation sites (tertiary alicyclic amines) is 1. The summed E-state index contributed by atoms with van der Waals surface area (Å²) in [6, 6.07) is 8.76. The minimum atomic E-state index is -0.521. The summed E-state index contributed by atoms with van der Waals surface area (Å²) in [4.78, 5) is 7.15. The van der Waals surface area contributed by atoms with Crippen LogP contribution in [0.2, 0.25) is 0 Å². The third kappa shape index (κ3) is 9.63. The highest BCUT2D eigenvalue weighted by Gasteiger charge is 2.21. The van der Waals surface area contributed by atoms with E-state index in [0.29, 0.717) is 19.7 Å². The van der Waals surface area contributed by atoms with Crippen LogP contribution in [0.25, 0.3) is 0 Å². The van der Waals surface area contributed by atoms with Gasteiger partial charge >= 0.3 is 0 Å². The summed E-state index contributed by atoms with van der Waals surface area (Å²) in [5.41, 5.74) is 2.56. The van der Waals surface area contributed by atoms with Gasteiger partial charge < -0.3 is 20.5 Å². The molecule has 3 rings (SSSR count). The largest absolute Gasteiger partial charge is 0.389 e. The number of rotatable bonds is 11. The SMILES string of the molecule is CCNC(=NCc1ccc(CN2CCCC2)cc1)NCC(O)COCC1CC1.I. The number of guanidine groups is 1. The highest BCUT2D eigenvalue weighted by atomic mass is 127. The Labute approximate surface area is 192 Å². The number of hydrogen-bond donors (Lipinski definition) is 3. The summed E-state index contributed by atoms with van der Waals surface area (Å²) in [7, 11) is 0. The van der Waals surface area contributed by atoms with E-state index in [2.05, 4.69) is 44.8 Å². The van der Waals surface area contributed by atoms with Gasteiger partial charge in [0.1, 0.15) is 0 Å². The zero-order valence-electron chi connectivity index (χ0n) is 17.6. The second-order valence-corrected chi connectivity index (χ2v) is 8.01. The maximum Gasteiger partial charge on any atom is 0.191 e. The van der Waals surface area contributed by atoms with E-state index >= 15 is 0 Å². The van der Waals surface area contributed by atoms with Crippen LogP contribution in [-0.2, 0) is 17.8 Å². The fourth-order valence-electron chi connectivity index (χ4n) is 3.39. The Kier molecular flexibility index (Phi) is 11.3. The molecule has 1 aromatic carbocycles. The highest BCUT2D eigenvalue weighted by Crippen LogP contribution is 2.28. The number of aliphatic imine (C=N–C) groups is 1. The van der Waals surface area contributed by atoms with Crippen molar-refractivity contribution in [1.29, 1.82) is 0 Å². The minimum absolute atomic E-state index is 0. The molecular formula is C22H37IN4O2. The molecule has 1 saturated carbocycles. The lowest BCUT2D eigenvalue weighted by molar-refractivity contribution is 0.0345. The van der Waals surface area contributed by atoms with E-state index in [1.165, 1.54) is 49.9 Å². The Bertz CT molecular complexity index is 601. The van der Waals surface area contributed by atoms with Gasteiger partial charge in [-0.05, 0) is 62.7 Å². The molecule has 1 aliphatic heterocycles. The van der Waals surface area contributed by atoms with Crippen molar-refractivity contribution in [1.82, 2.24) is 15.5 Å². The second kappa shape index (κ2) is 13.4. The number of halogens is 1. The molecule has 1 aliphatic carbocycles. The third-order valence-electron chi connectivity index (χ3n) is 5.26. The van der Waals surface area contributed by atoms with Crippen molar-refractivity contribution in [3.8, 4) is 0 Å². The predicted octanol–water partition coefficient (Wildman–Crippen LogP) is 2.74. The fraction of sp³-hybridized carbons (Fsp3) is 0.682. The van der Waals surface area contributed by atoms with Crippen LogP contribution in [0.4, 0.5) is 0 Å². The zero-order valence-corrected chi connectivity index (χ0v) is 19.9. The summed E-state index contributed by atoms with van der Waals surface area (Å²) in [5.74, 6) is 1.45. The van der Waals surface area contributed by atoms with E-state index in [1.54, 1.807) is 0 Å². The maximum atomic E-state index is 10.1. The van der Waals surface area contributed by atoms with Gasteiger partial charge in [0, 0.05) is 26.2 Å². The van der Waals surface area contributed by atoms with Gasteiger partial charge in [-0.2, -0.15) is 0 Å². The van der Waals surface area contributed by atoms with Gasteiger partial charge in [0.05, 0.1) is 19.3 Å². The fourth-order valence-corrected chi connectivity index (χ4v) is 3.39.